The number of nitrogens with zero attached hydrogens (tertiary/aromatic N) is 1. The molecule has 0 aliphatic heterocycles. The molecule has 0 spiro atoms. The molecule has 1 aromatic heterocycles. The zero-order chi connectivity index (χ0) is 27.2. The van der Waals surface area contributed by atoms with Crippen molar-refractivity contribution in [2.75, 3.05) is 0 Å². The number of carbonyl (C=O) groups excluding carboxylic acids is 1. The summed E-state index contributed by atoms with van der Waals surface area (Å²) in [6.07, 6.45) is 12.8. The summed E-state index contributed by atoms with van der Waals surface area (Å²) in [5.74, 6) is 0.371. The average Bonchev–Trinajstić information content (AvgIpc) is 3.41. The molecule has 0 bridgehead atoms. The van der Waals surface area contributed by atoms with Crippen LogP contribution in [0.15, 0.2) is 76.2 Å². The van der Waals surface area contributed by atoms with Gasteiger partial charge in [0.1, 0.15) is 22.2 Å². The van der Waals surface area contributed by atoms with E-state index in [1.54, 1.807) is 41.5 Å². The first-order valence-electron chi connectivity index (χ1n) is 13.5. The highest BCUT2D eigenvalue weighted by atomic mass is 32.2. The van der Waals surface area contributed by atoms with Gasteiger partial charge in [-0.05, 0) is 60.5 Å². The molecule has 2 aromatic carbocycles. The van der Waals surface area contributed by atoms with Crippen LogP contribution >= 0.6 is 0 Å². The minimum atomic E-state index is -4.08. The largest absolute Gasteiger partial charge is 0.467 e. The van der Waals surface area contributed by atoms with Gasteiger partial charge in [0.05, 0.1) is 12.8 Å². The highest BCUT2D eigenvalue weighted by molar-refractivity contribution is 7.87. The van der Waals surface area contributed by atoms with Gasteiger partial charge in [0, 0.05) is 13.0 Å². The second kappa shape index (κ2) is 15.3. The van der Waals surface area contributed by atoms with E-state index in [2.05, 4.69) is 6.92 Å². The molecule has 0 radical (unpaired) electrons. The molecule has 0 atom stereocenters. The summed E-state index contributed by atoms with van der Waals surface area (Å²) >= 11 is 0. The third-order valence-corrected chi connectivity index (χ3v) is 7.64. The Morgan fingerprint density at radius 2 is 1.47 bits per heavy atom. The quantitative estimate of drug-likeness (QED) is 0.129. The molecule has 206 valence electrons. The molecule has 0 saturated heterocycles. The van der Waals surface area contributed by atoms with Crippen molar-refractivity contribution in [3.63, 3.8) is 0 Å². The van der Waals surface area contributed by atoms with Crippen molar-refractivity contribution >= 4 is 16.0 Å². The molecule has 0 fully saturated rings. The Morgan fingerprint density at radius 1 is 0.842 bits per heavy atom. The first-order valence-corrected chi connectivity index (χ1v) is 14.9. The standard InChI is InChI=1S/C30H38FNO5S/c1-2-3-4-5-6-7-8-9-10-13-30(33)32(24-28-12-11-22-36-28)23-25-14-18-27(19-15-25)37-38(34,35)29-20-16-26(31)17-21-29/h11-12,14-22H,2-10,13,23-24H2,1H3. The number of carbonyl (C=O) groups is 1. The molecule has 6 nitrogen and oxygen atoms in total. The molecule has 3 aromatic rings. The van der Waals surface area contributed by atoms with Crippen molar-refractivity contribution < 1.29 is 26.2 Å². The van der Waals surface area contributed by atoms with Gasteiger partial charge in [-0.1, -0.05) is 70.4 Å². The van der Waals surface area contributed by atoms with Crippen LogP contribution in [0.1, 0.15) is 82.5 Å². The highest BCUT2D eigenvalue weighted by Gasteiger charge is 2.18. The van der Waals surface area contributed by atoms with Crippen molar-refractivity contribution in [3.8, 4) is 5.75 Å². The number of rotatable bonds is 17. The molecule has 1 amide bonds. The Bertz CT molecular complexity index is 1190. The number of furan rings is 1. The second-order valence-corrected chi connectivity index (χ2v) is 11.1. The molecule has 0 unspecified atom stereocenters. The highest BCUT2D eigenvalue weighted by Crippen LogP contribution is 2.21. The number of unbranched alkanes of at least 4 members (excludes halogenated alkanes) is 8. The van der Waals surface area contributed by atoms with Crippen LogP contribution < -0.4 is 4.18 Å². The van der Waals surface area contributed by atoms with Crippen LogP contribution in [-0.4, -0.2) is 19.2 Å². The number of hydrogen-bond acceptors (Lipinski definition) is 5. The molecule has 1 heterocycles. The van der Waals surface area contributed by atoms with Gasteiger partial charge in [-0.15, -0.1) is 0 Å². The van der Waals surface area contributed by atoms with E-state index in [0.29, 0.717) is 25.3 Å². The van der Waals surface area contributed by atoms with Crippen LogP contribution in [0.25, 0.3) is 0 Å². The third kappa shape index (κ3) is 9.97. The number of hydrogen-bond donors (Lipinski definition) is 0. The Hall–Kier alpha value is -3.13. The summed E-state index contributed by atoms with van der Waals surface area (Å²) in [4.78, 5) is 14.7. The molecular formula is C30H38FNO5S. The summed E-state index contributed by atoms with van der Waals surface area (Å²) < 4.78 is 48.7. The molecule has 0 aliphatic carbocycles. The van der Waals surface area contributed by atoms with E-state index in [4.69, 9.17) is 8.60 Å². The molecule has 0 saturated carbocycles. The summed E-state index contributed by atoms with van der Waals surface area (Å²) in [5, 5.41) is 0. The Morgan fingerprint density at radius 3 is 2.08 bits per heavy atom. The van der Waals surface area contributed by atoms with Crippen molar-refractivity contribution in [1.29, 1.82) is 0 Å². The van der Waals surface area contributed by atoms with Gasteiger partial charge >= 0.3 is 10.1 Å². The van der Waals surface area contributed by atoms with Gasteiger partial charge in [0.25, 0.3) is 0 Å². The summed E-state index contributed by atoms with van der Waals surface area (Å²) in [6, 6.07) is 14.7. The van der Waals surface area contributed by atoms with Crippen LogP contribution in [0.2, 0.25) is 0 Å². The Kier molecular flexibility index (Phi) is 11.9. The summed E-state index contributed by atoms with van der Waals surface area (Å²) in [5.41, 5.74) is 0.837. The lowest BCUT2D eigenvalue weighted by molar-refractivity contribution is -0.132. The van der Waals surface area contributed by atoms with E-state index in [0.717, 1.165) is 49.1 Å². The second-order valence-electron chi connectivity index (χ2n) is 9.54. The first-order chi connectivity index (χ1) is 18.4. The number of amides is 1. The van der Waals surface area contributed by atoms with E-state index in [9.17, 15) is 17.6 Å². The van der Waals surface area contributed by atoms with Gasteiger partial charge < -0.3 is 13.5 Å². The van der Waals surface area contributed by atoms with E-state index in [1.165, 1.54) is 38.5 Å². The van der Waals surface area contributed by atoms with Crippen LogP contribution in [0.5, 0.6) is 5.75 Å². The zero-order valence-corrected chi connectivity index (χ0v) is 22.9. The fourth-order valence-corrected chi connectivity index (χ4v) is 5.14. The maximum Gasteiger partial charge on any atom is 0.339 e. The van der Waals surface area contributed by atoms with Crippen molar-refractivity contribution in [2.45, 2.75) is 89.1 Å². The van der Waals surface area contributed by atoms with Gasteiger partial charge in [0.15, 0.2) is 0 Å². The Labute approximate surface area is 225 Å². The maximum atomic E-state index is 13.1. The minimum absolute atomic E-state index is 0.0589. The lowest BCUT2D eigenvalue weighted by atomic mass is 10.1. The number of halogens is 1. The topological polar surface area (TPSA) is 76.8 Å². The van der Waals surface area contributed by atoms with Crippen LogP contribution in [0, 0.1) is 5.82 Å². The van der Waals surface area contributed by atoms with E-state index in [1.807, 2.05) is 6.07 Å². The fraction of sp³-hybridized carbons (Fsp3) is 0.433. The van der Waals surface area contributed by atoms with Gasteiger partial charge in [-0.2, -0.15) is 8.42 Å². The van der Waals surface area contributed by atoms with Crippen LogP contribution in [0.4, 0.5) is 4.39 Å². The summed E-state index contributed by atoms with van der Waals surface area (Å²) in [6.45, 7) is 2.95. The van der Waals surface area contributed by atoms with E-state index >= 15 is 0 Å². The molecule has 3 rings (SSSR count). The van der Waals surface area contributed by atoms with E-state index < -0.39 is 15.9 Å². The zero-order valence-electron chi connectivity index (χ0n) is 22.1. The predicted octanol–water partition coefficient (Wildman–Crippen LogP) is 7.64. The maximum absolute atomic E-state index is 13.1. The van der Waals surface area contributed by atoms with Crippen molar-refractivity contribution in [1.82, 2.24) is 4.90 Å². The van der Waals surface area contributed by atoms with E-state index in [-0.39, 0.29) is 16.6 Å². The van der Waals surface area contributed by atoms with Crippen molar-refractivity contribution in [2.24, 2.45) is 0 Å². The minimum Gasteiger partial charge on any atom is -0.467 e. The lowest BCUT2D eigenvalue weighted by Crippen LogP contribution is -2.29. The molecule has 8 heteroatoms. The number of benzene rings is 2. The smallest absolute Gasteiger partial charge is 0.339 e. The molecule has 0 aliphatic rings. The lowest BCUT2D eigenvalue weighted by Gasteiger charge is -2.22. The average molecular weight is 544 g/mol. The third-order valence-electron chi connectivity index (χ3n) is 6.38. The monoisotopic (exact) mass is 543 g/mol. The van der Waals surface area contributed by atoms with Crippen LogP contribution in [0.3, 0.4) is 0 Å². The Balaban J connectivity index is 1.53. The molecule has 38 heavy (non-hydrogen) atoms. The van der Waals surface area contributed by atoms with Gasteiger partial charge in [0.2, 0.25) is 5.91 Å². The van der Waals surface area contributed by atoms with Gasteiger partial charge in [-0.25, -0.2) is 4.39 Å². The fourth-order valence-electron chi connectivity index (χ4n) is 4.21. The van der Waals surface area contributed by atoms with Gasteiger partial charge in [-0.3, -0.25) is 4.79 Å². The predicted molar refractivity (Wildman–Crippen MR) is 145 cm³/mol. The SMILES string of the molecule is CCCCCCCCCCCC(=O)N(Cc1ccc(OS(=O)(=O)c2ccc(F)cc2)cc1)Cc1ccco1. The summed E-state index contributed by atoms with van der Waals surface area (Å²) in [7, 11) is -4.08. The van der Waals surface area contributed by atoms with Crippen molar-refractivity contribution in [3.05, 3.63) is 84.1 Å². The molecule has 0 N–H and O–H groups in total. The molecular weight excluding hydrogens is 505 g/mol. The van der Waals surface area contributed by atoms with Crippen LogP contribution in [-0.2, 0) is 28.0 Å². The first kappa shape index (κ1) is 29.4. The normalized spacial score (nSPS) is 11.4.